The number of thiazole rings is 1. The molecule has 0 aliphatic carbocycles. The molecule has 4 aromatic rings. The Kier molecular flexibility index (Phi) is 9.17. The summed E-state index contributed by atoms with van der Waals surface area (Å²) in [6, 6.07) is 18.8. The van der Waals surface area contributed by atoms with Crippen molar-refractivity contribution < 1.29 is 23.4 Å². The quantitative estimate of drug-likeness (QED) is 0.179. The summed E-state index contributed by atoms with van der Waals surface area (Å²) in [6.45, 7) is 5.38. The van der Waals surface area contributed by atoms with Gasteiger partial charge in [0, 0.05) is 10.5 Å². The summed E-state index contributed by atoms with van der Waals surface area (Å²) in [4.78, 5) is 33.5. The Morgan fingerprint density at radius 1 is 1.12 bits per heavy atom. The van der Waals surface area contributed by atoms with E-state index in [1.54, 1.807) is 79.6 Å². The molecule has 1 aliphatic heterocycles. The van der Waals surface area contributed by atoms with E-state index in [-0.39, 0.29) is 24.1 Å². The lowest BCUT2D eigenvalue weighted by atomic mass is 9.96. The van der Waals surface area contributed by atoms with Gasteiger partial charge in [0.25, 0.3) is 5.56 Å². The summed E-state index contributed by atoms with van der Waals surface area (Å²) in [5, 5.41) is 0. The van der Waals surface area contributed by atoms with Crippen LogP contribution < -0.4 is 24.4 Å². The zero-order valence-electron chi connectivity index (χ0n) is 24.4. The van der Waals surface area contributed by atoms with Gasteiger partial charge in [-0.3, -0.25) is 9.36 Å². The van der Waals surface area contributed by atoms with Crippen molar-refractivity contribution in [3.05, 3.63) is 120 Å². The first-order valence-electron chi connectivity index (χ1n) is 13.6. The van der Waals surface area contributed by atoms with Crippen molar-refractivity contribution in [2.45, 2.75) is 44.4 Å². The molecule has 5 rings (SSSR count). The number of fused-ring (bicyclic) bond motifs is 1. The largest absolute Gasteiger partial charge is 0.493 e. The van der Waals surface area contributed by atoms with E-state index in [2.05, 4.69) is 4.99 Å². The number of carbonyl (C=O) groups excluding carboxylic acids is 1. The topological polar surface area (TPSA) is 79.1 Å². The molecule has 0 amide bonds. The van der Waals surface area contributed by atoms with Gasteiger partial charge >= 0.3 is 5.97 Å². The maximum Gasteiger partial charge on any atom is 0.338 e. The highest BCUT2D eigenvalue weighted by Crippen LogP contribution is 2.32. The number of carbonyl (C=O) groups is 1. The first-order chi connectivity index (χ1) is 20.7. The number of methoxy groups -OCH3 is 1. The number of halogens is 1. The van der Waals surface area contributed by atoms with Crippen LogP contribution in [0, 0.1) is 5.82 Å². The molecule has 7 nitrogen and oxygen atoms in total. The zero-order valence-corrected chi connectivity index (χ0v) is 26.1. The van der Waals surface area contributed by atoms with Crippen LogP contribution in [0.3, 0.4) is 0 Å². The van der Waals surface area contributed by atoms with E-state index in [4.69, 9.17) is 14.2 Å². The number of thioether (sulfide) groups is 1. The predicted octanol–water partition coefficient (Wildman–Crippen LogP) is 5.64. The molecule has 3 aromatic carbocycles. The average Bonchev–Trinajstić information content (AvgIpc) is 3.29. The van der Waals surface area contributed by atoms with E-state index in [1.807, 2.05) is 30.5 Å². The Hall–Kier alpha value is -4.15. The van der Waals surface area contributed by atoms with Gasteiger partial charge in [-0.15, -0.1) is 11.8 Å². The van der Waals surface area contributed by atoms with E-state index >= 15 is 0 Å². The number of ether oxygens (including phenoxy) is 3. The van der Waals surface area contributed by atoms with Gasteiger partial charge in [-0.1, -0.05) is 47.7 Å². The van der Waals surface area contributed by atoms with Crippen LogP contribution in [0.4, 0.5) is 4.39 Å². The summed E-state index contributed by atoms with van der Waals surface area (Å²) < 4.78 is 33.0. The third kappa shape index (κ3) is 6.45. The third-order valence-corrected chi connectivity index (χ3v) is 8.57. The summed E-state index contributed by atoms with van der Waals surface area (Å²) in [7, 11) is 1.52. The lowest BCUT2D eigenvalue weighted by Crippen LogP contribution is -2.40. The molecule has 0 radical (unpaired) electrons. The molecule has 10 heteroatoms. The molecule has 1 atom stereocenters. The maximum atomic E-state index is 14.1. The number of aromatic nitrogens is 1. The monoisotopic (exact) mass is 618 g/mol. The minimum atomic E-state index is -0.691. The van der Waals surface area contributed by atoms with Gasteiger partial charge in [-0.2, -0.15) is 0 Å². The number of esters is 1. The highest BCUT2D eigenvalue weighted by molar-refractivity contribution is 7.98. The Balaban J connectivity index is 1.55. The zero-order chi connectivity index (χ0) is 30.7. The number of rotatable bonds is 9. The smallest absolute Gasteiger partial charge is 0.338 e. The molecular formula is C33H31FN2O5S2. The number of nitrogens with zero attached hydrogens (tertiary/aromatic N) is 2. The Bertz CT molecular complexity index is 1880. The molecular weight excluding hydrogens is 588 g/mol. The molecule has 0 saturated carbocycles. The Morgan fingerprint density at radius 3 is 2.53 bits per heavy atom. The van der Waals surface area contributed by atoms with Crippen molar-refractivity contribution in [3.8, 4) is 11.5 Å². The van der Waals surface area contributed by atoms with Gasteiger partial charge in [0.15, 0.2) is 16.3 Å². The van der Waals surface area contributed by atoms with E-state index in [1.165, 1.54) is 24.5 Å². The Morgan fingerprint density at radius 2 is 1.86 bits per heavy atom. The average molecular weight is 619 g/mol. The highest BCUT2D eigenvalue weighted by atomic mass is 32.2. The van der Waals surface area contributed by atoms with Crippen LogP contribution in [0.2, 0.25) is 0 Å². The number of benzene rings is 3. The number of hydrogen-bond donors (Lipinski definition) is 0. The first kappa shape index (κ1) is 30.3. The van der Waals surface area contributed by atoms with Crippen molar-refractivity contribution >= 4 is 35.1 Å². The molecule has 0 fully saturated rings. The molecule has 0 unspecified atom stereocenters. The minimum absolute atomic E-state index is 0.0415. The molecule has 43 heavy (non-hydrogen) atoms. The molecule has 1 aromatic heterocycles. The molecule has 0 spiro atoms. The minimum Gasteiger partial charge on any atom is -0.493 e. The van der Waals surface area contributed by atoms with Gasteiger partial charge in [0.1, 0.15) is 12.4 Å². The summed E-state index contributed by atoms with van der Waals surface area (Å²) in [6.07, 6.45) is 3.42. The van der Waals surface area contributed by atoms with Crippen LogP contribution in [0.1, 0.15) is 43.5 Å². The van der Waals surface area contributed by atoms with Crippen molar-refractivity contribution in [2.75, 3.05) is 13.4 Å². The van der Waals surface area contributed by atoms with Crippen LogP contribution >= 0.6 is 23.1 Å². The van der Waals surface area contributed by atoms with Gasteiger partial charge in [-0.05, 0) is 74.6 Å². The molecule has 1 aliphatic rings. The SMILES string of the molecule is COc1cc(/C=c2\sc3n(c2=O)[C@@H](c2ccc(SC)cc2)C(C(=O)OC(C)C)=C(C)N=3)ccc1OCc1ccccc1F. The summed E-state index contributed by atoms with van der Waals surface area (Å²) in [5.74, 6) is 0.0455. The first-order valence-corrected chi connectivity index (χ1v) is 15.7. The van der Waals surface area contributed by atoms with Crippen molar-refractivity contribution in [1.29, 1.82) is 0 Å². The van der Waals surface area contributed by atoms with Crippen LogP contribution in [-0.2, 0) is 16.1 Å². The number of hydrogen-bond acceptors (Lipinski definition) is 8. The predicted molar refractivity (Wildman–Crippen MR) is 167 cm³/mol. The summed E-state index contributed by atoms with van der Waals surface area (Å²) >= 11 is 2.86. The fraction of sp³-hybridized carbons (Fsp3) is 0.242. The van der Waals surface area contributed by atoms with Crippen LogP contribution in [0.25, 0.3) is 6.08 Å². The second-order valence-corrected chi connectivity index (χ2v) is 12.0. The lowest BCUT2D eigenvalue weighted by molar-refractivity contribution is -0.143. The fourth-order valence-electron chi connectivity index (χ4n) is 4.78. The van der Waals surface area contributed by atoms with Crippen molar-refractivity contribution in [3.63, 3.8) is 0 Å². The molecule has 222 valence electrons. The summed E-state index contributed by atoms with van der Waals surface area (Å²) in [5.41, 5.74) is 2.49. The second-order valence-electron chi connectivity index (χ2n) is 10.1. The Labute approximate surface area is 257 Å². The normalized spacial score (nSPS) is 14.9. The van der Waals surface area contributed by atoms with Crippen LogP contribution in [-0.4, -0.2) is 30.0 Å². The highest BCUT2D eigenvalue weighted by Gasteiger charge is 2.33. The van der Waals surface area contributed by atoms with Gasteiger partial charge < -0.3 is 14.2 Å². The van der Waals surface area contributed by atoms with Crippen LogP contribution in [0.15, 0.2) is 92.7 Å². The second kappa shape index (κ2) is 13.0. The van der Waals surface area contributed by atoms with E-state index < -0.39 is 12.0 Å². The third-order valence-electron chi connectivity index (χ3n) is 6.84. The van der Waals surface area contributed by atoms with E-state index in [0.717, 1.165) is 10.5 Å². The van der Waals surface area contributed by atoms with Crippen molar-refractivity contribution in [1.82, 2.24) is 4.57 Å². The number of allylic oxidation sites excluding steroid dienone is 1. The maximum absolute atomic E-state index is 14.1. The fourth-order valence-corrected chi connectivity index (χ4v) is 6.23. The standard InChI is InChI=1S/C33H31FN2O5S2/c1-19(2)41-32(38)29-20(3)35-33-36(30(29)22-11-13-24(42-5)14-12-22)31(37)28(43-33)17-21-10-15-26(27(16-21)39-4)40-18-23-8-6-7-9-25(23)34/h6-17,19,30H,18H2,1-5H3/b28-17-/t30-/m0/s1. The van der Waals surface area contributed by atoms with Crippen LogP contribution in [0.5, 0.6) is 11.5 Å². The van der Waals surface area contributed by atoms with E-state index in [9.17, 15) is 14.0 Å². The molecule has 2 heterocycles. The molecule has 0 saturated heterocycles. The van der Waals surface area contributed by atoms with Gasteiger partial charge in [-0.25, -0.2) is 14.2 Å². The van der Waals surface area contributed by atoms with Gasteiger partial charge in [0.05, 0.1) is 35.1 Å². The van der Waals surface area contributed by atoms with Crippen molar-refractivity contribution in [2.24, 2.45) is 4.99 Å². The molecule has 0 bridgehead atoms. The van der Waals surface area contributed by atoms with Gasteiger partial charge in [0.2, 0.25) is 0 Å². The van der Waals surface area contributed by atoms with E-state index in [0.29, 0.717) is 43.2 Å². The lowest BCUT2D eigenvalue weighted by Gasteiger charge is -2.25. The molecule has 0 N–H and O–H groups in total.